The molecule has 2 aromatic rings. The Labute approximate surface area is 113 Å². The third-order valence-corrected chi connectivity index (χ3v) is 4.43. The van der Waals surface area contributed by atoms with Crippen LogP contribution in [0.4, 0.5) is 4.39 Å². The van der Waals surface area contributed by atoms with E-state index >= 15 is 0 Å². The van der Waals surface area contributed by atoms with E-state index in [1.807, 2.05) is 24.3 Å². The summed E-state index contributed by atoms with van der Waals surface area (Å²) < 4.78 is 14.6. The third kappa shape index (κ3) is 2.59. The number of nitrogens with two attached hydrogens (primary N) is 1. The van der Waals surface area contributed by atoms with Crippen LogP contribution in [0.1, 0.15) is 27.6 Å². The second-order valence-corrected chi connectivity index (χ2v) is 6.58. The highest BCUT2D eigenvalue weighted by atomic mass is 79.9. The zero-order valence-electron chi connectivity index (χ0n) is 9.63. The molecule has 0 fully saturated rings. The smallest absolute Gasteiger partial charge is 0.129 e. The SMILES string of the molecule is Cc1cc(C(N)c2ccc(Br)s2)cc(C)c1F. The average Bonchev–Trinajstić information content (AvgIpc) is 2.71. The van der Waals surface area contributed by atoms with Crippen LogP contribution in [0.25, 0.3) is 0 Å². The van der Waals surface area contributed by atoms with Crippen molar-refractivity contribution in [1.29, 1.82) is 0 Å². The highest BCUT2D eigenvalue weighted by Crippen LogP contribution is 2.31. The van der Waals surface area contributed by atoms with Crippen molar-refractivity contribution in [3.8, 4) is 0 Å². The zero-order valence-corrected chi connectivity index (χ0v) is 12.0. The molecule has 0 aliphatic rings. The predicted octanol–water partition coefficient (Wildman–Crippen LogP) is 4.31. The summed E-state index contributed by atoms with van der Waals surface area (Å²) in [6, 6.07) is 7.42. The van der Waals surface area contributed by atoms with Gasteiger partial charge < -0.3 is 5.73 Å². The Morgan fingerprint density at radius 3 is 2.29 bits per heavy atom. The first-order valence-corrected chi connectivity index (χ1v) is 6.87. The minimum Gasteiger partial charge on any atom is -0.320 e. The second kappa shape index (κ2) is 4.88. The van der Waals surface area contributed by atoms with Crippen molar-refractivity contribution >= 4 is 27.3 Å². The lowest BCUT2D eigenvalue weighted by atomic mass is 10.0. The van der Waals surface area contributed by atoms with Gasteiger partial charge in [-0.3, -0.25) is 0 Å². The maximum atomic E-state index is 13.5. The van der Waals surface area contributed by atoms with Crippen LogP contribution in [0.2, 0.25) is 0 Å². The minimum atomic E-state index is -0.190. The molecule has 1 aromatic heterocycles. The first kappa shape index (κ1) is 12.7. The van der Waals surface area contributed by atoms with E-state index in [1.165, 1.54) is 0 Å². The second-order valence-electron chi connectivity index (χ2n) is 4.09. The van der Waals surface area contributed by atoms with E-state index in [1.54, 1.807) is 25.2 Å². The van der Waals surface area contributed by atoms with Crippen LogP contribution in [0.3, 0.4) is 0 Å². The lowest BCUT2D eigenvalue weighted by molar-refractivity contribution is 0.607. The summed E-state index contributed by atoms with van der Waals surface area (Å²) in [7, 11) is 0. The molecule has 0 bridgehead atoms. The molecule has 90 valence electrons. The van der Waals surface area contributed by atoms with Crippen LogP contribution in [-0.2, 0) is 0 Å². The summed E-state index contributed by atoms with van der Waals surface area (Å²) in [5, 5.41) is 0. The van der Waals surface area contributed by atoms with Gasteiger partial charge in [-0.05, 0) is 58.6 Å². The number of hydrogen-bond acceptors (Lipinski definition) is 2. The first-order chi connectivity index (χ1) is 7.99. The van der Waals surface area contributed by atoms with Gasteiger partial charge >= 0.3 is 0 Å². The van der Waals surface area contributed by atoms with Crippen molar-refractivity contribution in [1.82, 2.24) is 0 Å². The highest BCUT2D eigenvalue weighted by Gasteiger charge is 2.14. The summed E-state index contributed by atoms with van der Waals surface area (Å²) in [6.45, 7) is 3.53. The summed E-state index contributed by atoms with van der Waals surface area (Å²) in [4.78, 5) is 1.07. The van der Waals surface area contributed by atoms with Gasteiger partial charge in [0.25, 0.3) is 0 Å². The van der Waals surface area contributed by atoms with Gasteiger partial charge in [-0.2, -0.15) is 0 Å². The molecule has 17 heavy (non-hydrogen) atoms. The molecule has 0 saturated carbocycles. The molecule has 1 atom stereocenters. The largest absolute Gasteiger partial charge is 0.320 e. The van der Waals surface area contributed by atoms with Crippen molar-refractivity contribution in [2.24, 2.45) is 5.73 Å². The highest BCUT2D eigenvalue weighted by molar-refractivity contribution is 9.11. The van der Waals surface area contributed by atoms with Crippen LogP contribution < -0.4 is 5.73 Å². The maximum absolute atomic E-state index is 13.5. The van der Waals surface area contributed by atoms with Gasteiger partial charge in [-0.15, -0.1) is 11.3 Å². The van der Waals surface area contributed by atoms with Crippen LogP contribution >= 0.6 is 27.3 Å². The topological polar surface area (TPSA) is 26.0 Å². The average molecular weight is 314 g/mol. The molecule has 2 rings (SSSR count). The molecule has 1 heterocycles. The summed E-state index contributed by atoms with van der Waals surface area (Å²) in [6.07, 6.45) is 0. The number of thiophene rings is 1. The number of hydrogen-bond donors (Lipinski definition) is 1. The van der Waals surface area contributed by atoms with Gasteiger partial charge in [0.2, 0.25) is 0 Å². The molecule has 0 radical (unpaired) electrons. The summed E-state index contributed by atoms with van der Waals surface area (Å²) in [5.74, 6) is -0.145. The fourth-order valence-electron chi connectivity index (χ4n) is 1.82. The van der Waals surface area contributed by atoms with Crippen molar-refractivity contribution in [2.45, 2.75) is 19.9 Å². The number of halogens is 2. The van der Waals surface area contributed by atoms with Crippen molar-refractivity contribution in [3.05, 3.63) is 55.4 Å². The van der Waals surface area contributed by atoms with Crippen molar-refractivity contribution < 1.29 is 4.39 Å². The van der Waals surface area contributed by atoms with Crippen molar-refractivity contribution in [3.63, 3.8) is 0 Å². The van der Waals surface area contributed by atoms with E-state index in [9.17, 15) is 4.39 Å². The van der Waals surface area contributed by atoms with Gasteiger partial charge in [0.05, 0.1) is 9.83 Å². The Morgan fingerprint density at radius 2 is 1.82 bits per heavy atom. The van der Waals surface area contributed by atoms with Crippen LogP contribution in [0.5, 0.6) is 0 Å². The van der Waals surface area contributed by atoms with Gasteiger partial charge in [-0.25, -0.2) is 4.39 Å². The molecular formula is C13H13BrFNS. The molecule has 0 aliphatic carbocycles. The van der Waals surface area contributed by atoms with E-state index in [0.29, 0.717) is 11.1 Å². The standard InChI is InChI=1S/C13H13BrFNS/c1-7-5-9(6-8(2)12(7)15)13(16)10-3-4-11(14)17-10/h3-6,13H,16H2,1-2H3. The Bertz CT molecular complexity index is 527. The fraction of sp³-hybridized carbons (Fsp3) is 0.231. The molecule has 0 saturated heterocycles. The molecule has 0 spiro atoms. The molecule has 4 heteroatoms. The minimum absolute atomic E-state index is 0.145. The van der Waals surface area contributed by atoms with Crippen LogP contribution in [-0.4, -0.2) is 0 Å². The Kier molecular flexibility index (Phi) is 3.66. The Morgan fingerprint density at radius 1 is 1.24 bits per heavy atom. The first-order valence-electron chi connectivity index (χ1n) is 5.26. The fourth-order valence-corrected chi connectivity index (χ4v) is 3.27. The molecule has 0 amide bonds. The van der Waals surface area contributed by atoms with Gasteiger partial charge in [0, 0.05) is 4.88 Å². The molecule has 1 nitrogen and oxygen atoms in total. The molecule has 1 unspecified atom stereocenters. The molecule has 0 aliphatic heterocycles. The summed E-state index contributed by atoms with van der Waals surface area (Å²) >= 11 is 5.02. The van der Waals surface area contributed by atoms with Crippen LogP contribution in [0.15, 0.2) is 28.1 Å². The van der Waals surface area contributed by atoms with E-state index < -0.39 is 0 Å². The van der Waals surface area contributed by atoms with E-state index in [-0.39, 0.29) is 11.9 Å². The Balaban J connectivity index is 2.41. The molecule has 2 N–H and O–H groups in total. The molecular weight excluding hydrogens is 301 g/mol. The lowest BCUT2D eigenvalue weighted by Gasteiger charge is -2.13. The van der Waals surface area contributed by atoms with Gasteiger partial charge in [-0.1, -0.05) is 12.1 Å². The third-order valence-electron chi connectivity index (χ3n) is 2.72. The van der Waals surface area contributed by atoms with Crippen molar-refractivity contribution in [2.75, 3.05) is 0 Å². The summed E-state index contributed by atoms with van der Waals surface area (Å²) in [5.41, 5.74) is 8.43. The Hall–Kier alpha value is -0.710. The normalized spacial score (nSPS) is 12.8. The monoisotopic (exact) mass is 313 g/mol. The van der Waals surface area contributed by atoms with E-state index in [0.717, 1.165) is 14.2 Å². The zero-order chi connectivity index (χ0) is 12.6. The maximum Gasteiger partial charge on any atom is 0.129 e. The van der Waals surface area contributed by atoms with Gasteiger partial charge in [0.15, 0.2) is 0 Å². The van der Waals surface area contributed by atoms with Gasteiger partial charge in [0.1, 0.15) is 5.82 Å². The van der Waals surface area contributed by atoms with Crippen LogP contribution in [0, 0.1) is 19.7 Å². The molecule has 1 aromatic carbocycles. The number of benzene rings is 1. The van der Waals surface area contributed by atoms with E-state index in [2.05, 4.69) is 15.9 Å². The predicted molar refractivity (Wildman–Crippen MR) is 73.9 cm³/mol. The van der Waals surface area contributed by atoms with E-state index in [4.69, 9.17) is 5.73 Å². The lowest BCUT2D eigenvalue weighted by Crippen LogP contribution is -2.11. The number of aryl methyl sites for hydroxylation is 2. The quantitative estimate of drug-likeness (QED) is 0.878. The number of rotatable bonds is 2.